The van der Waals surface area contributed by atoms with Gasteiger partial charge in [-0.3, -0.25) is 18.8 Å². The first kappa shape index (κ1) is 28.9. The van der Waals surface area contributed by atoms with E-state index < -0.39 is 23.4 Å². The Bertz CT molecular complexity index is 2060. The monoisotopic (exact) mass is 618 g/mol. The summed E-state index contributed by atoms with van der Waals surface area (Å²) in [6, 6.07) is 20.3. The fourth-order valence-electron chi connectivity index (χ4n) is 5.99. The van der Waals surface area contributed by atoms with E-state index in [4.69, 9.17) is 14.2 Å². The van der Waals surface area contributed by atoms with Gasteiger partial charge >= 0.3 is 0 Å². The number of benzene rings is 3. The van der Waals surface area contributed by atoms with Crippen LogP contribution >= 0.6 is 0 Å². The highest BCUT2D eigenvalue weighted by atomic mass is 16.5. The molecule has 0 saturated carbocycles. The van der Waals surface area contributed by atoms with E-state index in [0.29, 0.717) is 61.2 Å². The molecule has 2 amide bonds. The molecule has 0 fully saturated rings. The van der Waals surface area contributed by atoms with Crippen molar-refractivity contribution in [2.45, 2.75) is 18.9 Å². The Kier molecular flexibility index (Phi) is 7.49. The highest BCUT2D eigenvalue weighted by Crippen LogP contribution is 2.43. The number of nitrogens with zero attached hydrogens (tertiary/aromatic N) is 3. The minimum atomic E-state index is -0.586. The number of hydrogen-bond donors (Lipinski definition) is 2. The minimum absolute atomic E-state index is 0.0314. The Morgan fingerprint density at radius 1 is 1.04 bits per heavy atom. The molecule has 232 valence electrons. The average Bonchev–Trinajstić information content (AvgIpc) is 3.07. The molecule has 5 heterocycles. The lowest BCUT2D eigenvalue weighted by molar-refractivity contribution is 0.0691. The molecule has 2 N–H and O–H groups in total. The number of fused-ring (bicyclic) bond motifs is 7. The van der Waals surface area contributed by atoms with Crippen LogP contribution in [0.25, 0.3) is 5.65 Å². The first-order chi connectivity index (χ1) is 22.4. The van der Waals surface area contributed by atoms with Crippen LogP contribution in [0, 0.1) is 0 Å². The molecule has 3 aliphatic rings. The molecule has 3 aliphatic heterocycles. The molecule has 0 saturated heterocycles. The van der Waals surface area contributed by atoms with Crippen molar-refractivity contribution in [1.82, 2.24) is 19.6 Å². The third-order valence-corrected chi connectivity index (χ3v) is 8.25. The van der Waals surface area contributed by atoms with Crippen LogP contribution in [0.5, 0.6) is 28.7 Å². The molecule has 46 heavy (non-hydrogen) atoms. The smallest absolute Gasteiger partial charge is 0.270 e. The van der Waals surface area contributed by atoms with Gasteiger partial charge < -0.3 is 29.5 Å². The summed E-state index contributed by atoms with van der Waals surface area (Å²) in [7, 11) is 1.52. The Morgan fingerprint density at radius 2 is 1.93 bits per heavy atom. The second-order valence-corrected chi connectivity index (χ2v) is 11.1. The Labute approximate surface area is 263 Å². The summed E-state index contributed by atoms with van der Waals surface area (Å²) in [5.74, 6) is 0.702. The molecule has 8 bridgehead atoms. The first-order valence-corrected chi connectivity index (χ1v) is 14.9. The highest BCUT2D eigenvalue weighted by molar-refractivity contribution is 5.97. The number of pyridine rings is 1. The van der Waals surface area contributed by atoms with Crippen molar-refractivity contribution in [2.24, 2.45) is 0 Å². The summed E-state index contributed by atoms with van der Waals surface area (Å²) >= 11 is 0. The van der Waals surface area contributed by atoms with E-state index in [0.717, 1.165) is 16.7 Å². The summed E-state index contributed by atoms with van der Waals surface area (Å²) < 4.78 is 19.4. The van der Waals surface area contributed by atoms with E-state index in [1.54, 1.807) is 35.4 Å². The Hall–Kier alpha value is -5.84. The molecule has 2 aromatic heterocycles. The second kappa shape index (κ2) is 11.9. The van der Waals surface area contributed by atoms with Crippen LogP contribution in [0.4, 0.5) is 0 Å². The van der Waals surface area contributed by atoms with Gasteiger partial charge in [0.05, 0.1) is 25.3 Å². The van der Waals surface area contributed by atoms with Gasteiger partial charge in [-0.05, 0) is 84.1 Å². The van der Waals surface area contributed by atoms with Crippen LogP contribution in [0.3, 0.4) is 0 Å². The number of methoxy groups -OCH3 is 1. The normalized spacial score (nSPS) is 16.1. The molecule has 0 spiro atoms. The zero-order chi connectivity index (χ0) is 31.8. The van der Waals surface area contributed by atoms with Crippen molar-refractivity contribution in [3.63, 3.8) is 0 Å². The number of aromatic hydroxyl groups is 1. The molecule has 11 nitrogen and oxygen atoms in total. The van der Waals surface area contributed by atoms with E-state index in [1.165, 1.54) is 29.8 Å². The standard InChI is InChI=1S/C35H30N4O7/c1-44-29-19-25-21-11-14-39(35(43)27-20-37-31-8-2-3-13-38(31)34(27)42)32(25)22-6-4-7-23(16-22)45-15-5-12-36-33(41)26-18-24(9-10-28(26)40)46-30(29)17-21/h2-4,6-10,13,16-20,32,40H,5,11-12,14-15H2,1H3,(H,36,41). The van der Waals surface area contributed by atoms with Gasteiger partial charge in [0, 0.05) is 25.5 Å². The van der Waals surface area contributed by atoms with Crippen molar-refractivity contribution in [3.05, 3.63) is 123 Å². The van der Waals surface area contributed by atoms with Gasteiger partial charge in [0.2, 0.25) is 0 Å². The molecule has 1 atom stereocenters. The van der Waals surface area contributed by atoms with Gasteiger partial charge in [-0.25, -0.2) is 4.98 Å². The summed E-state index contributed by atoms with van der Waals surface area (Å²) in [5.41, 5.74) is 2.57. The maximum atomic E-state index is 14.2. The van der Waals surface area contributed by atoms with Gasteiger partial charge in [0.1, 0.15) is 28.5 Å². The third-order valence-electron chi connectivity index (χ3n) is 8.25. The predicted molar refractivity (Wildman–Crippen MR) is 168 cm³/mol. The molecule has 0 radical (unpaired) electrons. The number of carbonyl (C=O) groups excluding carboxylic acids is 2. The van der Waals surface area contributed by atoms with Crippen molar-refractivity contribution < 1.29 is 28.9 Å². The Balaban J connectivity index is 1.37. The summed E-state index contributed by atoms with van der Waals surface area (Å²) in [6.45, 7) is 0.953. The molecular weight excluding hydrogens is 588 g/mol. The average molecular weight is 619 g/mol. The second-order valence-electron chi connectivity index (χ2n) is 11.1. The van der Waals surface area contributed by atoms with Gasteiger partial charge in [0.25, 0.3) is 17.4 Å². The van der Waals surface area contributed by atoms with Crippen molar-refractivity contribution in [2.75, 3.05) is 26.8 Å². The van der Waals surface area contributed by atoms with E-state index in [-0.39, 0.29) is 16.9 Å². The number of rotatable bonds is 2. The number of phenols is 1. The molecular formula is C35H30N4O7. The SMILES string of the molecule is COc1cc2c3cc1Oc1ccc(O)c(c1)C(=O)NCCCOc1cccc(c1)C2N(C(=O)c1cnc2ccccn2c1=O)CC3. The number of amides is 2. The van der Waals surface area contributed by atoms with Gasteiger partial charge in [-0.2, -0.15) is 0 Å². The van der Waals surface area contributed by atoms with Crippen LogP contribution in [0.2, 0.25) is 0 Å². The van der Waals surface area contributed by atoms with Crippen molar-refractivity contribution in [3.8, 4) is 28.7 Å². The molecule has 8 rings (SSSR count). The molecule has 0 aliphatic carbocycles. The lowest BCUT2D eigenvalue weighted by Crippen LogP contribution is -2.43. The van der Waals surface area contributed by atoms with E-state index in [1.807, 2.05) is 36.4 Å². The first-order valence-electron chi connectivity index (χ1n) is 14.9. The van der Waals surface area contributed by atoms with Gasteiger partial charge in [-0.1, -0.05) is 18.2 Å². The lowest BCUT2D eigenvalue weighted by atomic mass is 9.87. The maximum absolute atomic E-state index is 14.2. The third kappa shape index (κ3) is 5.25. The maximum Gasteiger partial charge on any atom is 0.270 e. The van der Waals surface area contributed by atoms with Crippen LogP contribution in [-0.4, -0.2) is 58.0 Å². The van der Waals surface area contributed by atoms with Gasteiger partial charge in [-0.15, -0.1) is 0 Å². The van der Waals surface area contributed by atoms with Crippen molar-refractivity contribution in [1.29, 1.82) is 0 Å². The van der Waals surface area contributed by atoms with Crippen LogP contribution < -0.4 is 25.1 Å². The number of nitrogens with one attached hydrogen (secondary N) is 1. The molecule has 5 aromatic rings. The fraction of sp³-hybridized carbons (Fsp3) is 0.200. The minimum Gasteiger partial charge on any atom is -0.507 e. The topological polar surface area (TPSA) is 132 Å². The van der Waals surface area contributed by atoms with E-state index >= 15 is 0 Å². The summed E-state index contributed by atoms with van der Waals surface area (Å²) in [4.78, 5) is 46.6. The number of aromatic nitrogens is 2. The van der Waals surface area contributed by atoms with Crippen molar-refractivity contribution >= 4 is 17.5 Å². The summed E-state index contributed by atoms with van der Waals surface area (Å²) in [6.07, 6.45) is 3.93. The molecule has 1 unspecified atom stereocenters. The van der Waals surface area contributed by atoms with E-state index in [9.17, 15) is 19.5 Å². The molecule has 11 heteroatoms. The predicted octanol–water partition coefficient (Wildman–Crippen LogP) is 4.50. The lowest BCUT2D eigenvalue weighted by Gasteiger charge is -2.38. The highest BCUT2D eigenvalue weighted by Gasteiger charge is 2.35. The van der Waals surface area contributed by atoms with Crippen LogP contribution in [-0.2, 0) is 6.42 Å². The number of ether oxygens (including phenoxy) is 3. The summed E-state index contributed by atoms with van der Waals surface area (Å²) in [5, 5.41) is 13.2. The van der Waals surface area contributed by atoms with Crippen LogP contribution in [0.15, 0.2) is 90.0 Å². The Morgan fingerprint density at radius 3 is 2.80 bits per heavy atom. The zero-order valence-corrected chi connectivity index (χ0v) is 24.9. The molecule has 3 aromatic carbocycles. The number of hydrogen-bond acceptors (Lipinski definition) is 8. The van der Waals surface area contributed by atoms with E-state index in [2.05, 4.69) is 10.3 Å². The number of phenolic OH excluding ortho intramolecular Hbond substituents is 1. The largest absolute Gasteiger partial charge is 0.507 e. The van der Waals surface area contributed by atoms with Crippen LogP contribution in [0.1, 0.15) is 49.9 Å². The number of carbonyl (C=O) groups is 2. The van der Waals surface area contributed by atoms with Gasteiger partial charge in [0.15, 0.2) is 11.5 Å². The quantitative estimate of drug-likeness (QED) is 0.296. The zero-order valence-electron chi connectivity index (χ0n) is 24.9. The fourth-order valence-corrected chi connectivity index (χ4v) is 5.99.